The van der Waals surface area contributed by atoms with Gasteiger partial charge in [0, 0.05) is 28.7 Å². The summed E-state index contributed by atoms with van der Waals surface area (Å²) in [4.78, 5) is 3.64. The van der Waals surface area contributed by atoms with Crippen molar-refractivity contribution in [2.75, 3.05) is 20.8 Å². The van der Waals surface area contributed by atoms with E-state index in [-0.39, 0.29) is 6.04 Å². The Morgan fingerprint density at radius 3 is 2.61 bits per heavy atom. The van der Waals surface area contributed by atoms with E-state index in [1.165, 1.54) is 16.6 Å². The van der Waals surface area contributed by atoms with Gasteiger partial charge in [0.1, 0.15) is 12.4 Å². The molecule has 0 saturated carbocycles. The van der Waals surface area contributed by atoms with Gasteiger partial charge in [-0.05, 0) is 41.8 Å². The Morgan fingerprint density at radius 1 is 0.935 bits per heavy atom. The van der Waals surface area contributed by atoms with Gasteiger partial charge in [-0.15, -0.1) is 0 Å². The van der Waals surface area contributed by atoms with Gasteiger partial charge in [0.2, 0.25) is 0 Å². The summed E-state index contributed by atoms with van der Waals surface area (Å²) in [6, 6.07) is 22.6. The molecule has 0 amide bonds. The lowest BCUT2D eigenvalue weighted by atomic mass is 9.93. The van der Waals surface area contributed by atoms with Crippen LogP contribution in [0.5, 0.6) is 17.2 Å². The largest absolute Gasteiger partial charge is 0.493 e. The van der Waals surface area contributed by atoms with E-state index in [4.69, 9.17) is 14.2 Å². The Labute approximate surface area is 182 Å². The molecule has 5 nitrogen and oxygen atoms in total. The van der Waals surface area contributed by atoms with Crippen LogP contribution in [0.25, 0.3) is 10.9 Å². The molecule has 158 valence electrons. The molecule has 0 bridgehead atoms. The van der Waals surface area contributed by atoms with Crippen molar-refractivity contribution in [2.24, 2.45) is 0 Å². The van der Waals surface area contributed by atoms with Crippen LogP contribution in [-0.2, 0) is 13.0 Å². The van der Waals surface area contributed by atoms with Gasteiger partial charge in [-0.2, -0.15) is 0 Å². The first-order valence-electron chi connectivity index (χ1n) is 10.5. The van der Waals surface area contributed by atoms with Crippen LogP contribution in [0.2, 0.25) is 0 Å². The van der Waals surface area contributed by atoms with Crippen LogP contribution < -0.4 is 19.5 Å². The van der Waals surface area contributed by atoms with Crippen molar-refractivity contribution >= 4 is 10.9 Å². The maximum atomic E-state index is 6.07. The summed E-state index contributed by atoms with van der Waals surface area (Å²) < 4.78 is 17.3. The number of benzene rings is 3. The zero-order valence-electron chi connectivity index (χ0n) is 17.8. The number of methoxy groups -OCH3 is 2. The number of ether oxygens (including phenoxy) is 3. The van der Waals surface area contributed by atoms with Crippen LogP contribution in [0.3, 0.4) is 0 Å². The molecule has 3 aromatic carbocycles. The van der Waals surface area contributed by atoms with Crippen LogP contribution >= 0.6 is 0 Å². The first kappa shape index (κ1) is 19.5. The molecule has 1 unspecified atom stereocenters. The molecule has 0 saturated heterocycles. The maximum Gasteiger partial charge on any atom is 0.165 e. The van der Waals surface area contributed by atoms with Gasteiger partial charge in [0.25, 0.3) is 0 Å². The first-order valence-corrected chi connectivity index (χ1v) is 10.5. The van der Waals surface area contributed by atoms with Crippen molar-refractivity contribution in [3.63, 3.8) is 0 Å². The van der Waals surface area contributed by atoms with Gasteiger partial charge in [-0.1, -0.05) is 42.5 Å². The third-order valence-electron chi connectivity index (χ3n) is 5.92. The second kappa shape index (κ2) is 8.36. The summed E-state index contributed by atoms with van der Waals surface area (Å²) >= 11 is 0. The summed E-state index contributed by atoms with van der Waals surface area (Å²) in [7, 11) is 3.36. The fourth-order valence-electron chi connectivity index (χ4n) is 4.44. The summed E-state index contributed by atoms with van der Waals surface area (Å²) in [5.74, 6) is 2.38. The molecule has 2 N–H and O–H groups in total. The molecule has 5 heteroatoms. The first-order chi connectivity index (χ1) is 15.3. The molecule has 0 radical (unpaired) electrons. The van der Waals surface area contributed by atoms with Crippen molar-refractivity contribution in [2.45, 2.75) is 19.1 Å². The van der Waals surface area contributed by atoms with Crippen LogP contribution in [0.15, 0.2) is 66.7 Å². The van der Waals surface area contributed by atoms with Crippen LogP contribution in [0, 0.1) is 0 Å². The highest BCUT2D eigenvalue weighted by Crippen LogP contribution is 2.41. The number of hydrogen-bond donors (Lipinski definition) is 2. The average molecular weight is 415 g/mol. The average Bonchev–Trinajstić information content (AvgIpc) is 3.21. The van der Waals surface area contributed by atoms with Crippen LogP contribution in [-0.4, -0.2) is 25.7 Å². The fraction of sp³-hybridized carbons (Fsp3) is 0.231. The molecule has 1 aromatic heterocycles. The van der Waals surface area contributed by atoms with Gasteiger partial charge < -0.3 is 24.5 Å². The number of H-pyrrole nitrogens is 1. The zero-order chi connectivity index (χ0) is 21.2. The molecule has 31 heavy (non-hydrogen) atoms. The number of para-hydroxylation sites is 1. The second-order valence-corrected chi connectivity index (χ2v) is 7.72. The van der Waals surface area contributed by atoms with E-state index in [1.807, 2.05) is 36.4 Å². The molecule has 1 aliphatic rings. The fourth-order valence-corrected chi connectivity index (χ4v) is 4.44. The molecular weight excluding hydrogens is 388 g/mol. The number of hydrogen-bond acceptors (Lipinski definition) is 4. The Morgan fingerprint density at radius 2 is 1.81 bits per heavy atom. The lowest BCUT2D eigenvalue weighted by molar-refractivity contribution is 0.306. The quantitative estimate of drug-likeness (QED) is 0.466. The van der Waals surface area contributed by atoms with Gasteiger partial charge in [-0.25, -0.2) is 0 Å². The van der Waals surface area contributed by atoms with Crippen molar-refractivity contribution in [3.8, 4) is 17.2 Å². The van der Waals surface area contributed by atoms with Gasteiger partial charge in [0.15, 0.2) is 11.5 Å². The maximum absolute atomic E-state index is 6.07. The van der Waals surface area contributed by atoms with E-state index >= 15 is 0 Å². The van der Waals surface area contributed by atoms with Gasteiger partial charge in [0.05, 0.1) is 20.3 Å². The Kier molecular flexibility index (Phi) is 5.26. The smallest absolute Gasteiger partial charge is 0.165 e. The van der Waals surface area contributed by atoms with Crippen LogP contribution in [0.1, 0.15) is 28.4 Å². The molecule has 1 atom stereocenters. The highest BCUT2D eigenvalue weighted by Gasteiger charge is 2.28. The number of fused-ring (bicyclic) bond motifs is 3. The van der Waals surface area contributed by atoms with Crippen molar-refractivity contribution in [1.29, 1.82) is 0 Å². The number of nitrogens with one attached hydrogen (secondary N) is 2. The molecular formula is C26H26N2O3. The Balaban J connectivity index is 1.50. The highest BCUT2D eigenvalue weighted by atomic mass is 16.5. The number of aromatic amines is 1. The van der Waals surface area contributed by atoms with Crippen LogP contribution in [0.4, 0.5) is 0 Å². The van der Waals surface area contributed by atoms with Crippen molar-refractivity contribution < 1.29 is 14.2 Å². The minimum Gasteiger partial charge on any atom is -0.493 e. The summed E-state index contributed by atoms with van der Waals surface area (Å²) in [5.41, 5.74) is 5.84. The molecule has 4 aromatic rings. The van der Waals surface area contributed by atoms with E-state index < -0.39 is 0 Å². The van der Waals surface area contributed by atoms with E-state index in [2.05, 4.69) is 40.6 Å². The van der Waals surface area contributed by atoms with E-state index in [0.29, 0.717) is 6.61 Å². The highest BCUT2D eigenvalue weighted by molar-refractivity contribution is 5.87. The van der Waals surface area contributed by atoms with Crippen molar-refractivity contribution in [3.05, 3.63) is 89.1 Å². The predicted octanol–water partition coefficient (Wildman–Crippen LogP) is 5.00. The Hall–Kier alpha value is -3.44. The van der Waals surface area contributed by atoms with Gasteiger partial charge >= 0.3 is 0 Å². The van der Waals surface area contributed by atoms with Gasteiger partial charge in [-0.3, -0.25) is 0 Å². The lowest BCUT2D eigenvalue weighted by Crippen LogP contribution is -2.30. The topological polar surface area (TPSA) is 55.5 Å². The molecule has 0 aliphatic carbocycles. The van der Waals surface area contributed by atoms with E-state index in [9.17, 15) is 0 Å². The Bertz CT molecular complexity index is 1200. The standard InChI is InChI=1S/C26H26N2O3/c1-29-23-10-6-9-20(26(23)30-2)24-25-19(13-14-27-24)21-15-18(11-12-22(21)28-25)31-16-17-7-4-3-5-8-17/h3-12,15,24,27-28H,13-14,16H2,1-2H3. The zero-order valence-corrected chi connectivity index (χ0v) is 17.8. The molecule has 0 fully saturated rings. The minimum absolute atomic E-state index is 0.00915. The minimum atomic E-state index is 0.00915. The SMILES string of the molecule is COc1cccc(C2NCCc3c2[nH]c2ccc(OCc4ccccc4)cc32)c1OC. The molecule has 5 rings (SSSR count). The number of aromatic nitrogens is 1. The summed E-state index contributed by atoms with van der Waals surface area (Å²) in [6.07, 6.45) is 0.959. The molecule has 1 aliphatic heterocycles. The normalized spacial score (nSPS) is 15.5. The summed E-state index contributed by atoms with van der Waals surface area (Å²) in [6.45, 7) is 1.45. The predicted molar refractivity (Wildman–Crippen MR) is 122 cm³/mol. The monoisotopic (exact) mass is 414 g/mol. The third-order valence-corrected chi connectivity index (χ3v) is 5.92. The molecule has 0 spiro atoms. The number of rotatable bonds is 6. The van der Waals surface area contributed by atoms with E-state index in [0.717, 1.165) is 46.9 Å². The third kappa shape index (κ3) is 3.62. The van der Waals surface area contributed by atoms with E-state index in [1.54, 1.807) is 14.2 Å². The summed E-state index contributed by atoms with van der Waals surface area (Å²) in [5, 5.41) is 4.86. The molecule has 2 heterocycles. The van der Waals surface area contributed by atoms with Crippen molar-refractivity contribution in [1.82, 2.24) is 10.3 Å². The lowest BCUT2D eigenvalue weighted by Gasteiger charge is -2.26. The second-order valence-electron chi connectivity index (χ2n) is 7.72.